The van der Waals surface area contributed by atoms with Crippen LogP contribution in [0.2, 0.25) is 0 Å². The van der Waals surface area contributed by atoms with E-state index in [1.54, 1.807) is 23.7 Å². The molecule has 4 rings (SSSR count). The third-order valence-corrected chi connectivity index (χ3v) is 5.55. The Labute approximate surface area is 149 Å². The molecule has 1 amide bonds. The van der Waals surface area contributed by atoms with Gasteiger partial charge in [0.25, 0.3) is 5.91 Å². The van der Waals surface area contributed by atoms with Crippen LogP contribution in [0.1, 0.15) is 39.1 Å². The highest BCUT2D eigenvalue weighted by Gasteiger charge is 2.27. The number of piperidine rings is 1. The molecular formula is C18H19N5OS. The Bertz CT molecular complexity index is 864. The molecule has 0 atom stereocenters. The molecule has 6 nitrogen and oxygen atoms in total. The van der Waals surface area contributed by atoms with Crippen molar-refractivity contribution in [1.82, 2.24) is 25.1 Å². The number of aryl methyl sites for hydroxylation is 1. The number of nitrogens with one attached hydrogen (secondary N) is 1. The number of thiophene rings is 1. The fourth-order valence-corrected chi connectivity index (χ4v) is 3.98. The van der Waals surface area contributed by atoms with Gasteiger partial charge in [0.1, 0.15) is 5.82 Å². The number of aromatic nitrogens is 4. The second-order valence-electron chi connectivity index (χ2n) is 6.26. The van der Waals surface area contributed by atoms with Gasteiger partial charge in [0.05, 0.1) is 4.88 Å². The average Bonchev–Trinajstić information content (AvgIpc) is 3.31. The molecule has 0 unspecified atom stereocenters. The first kappa shape index (κ1) is 16.0. The molecule has 0 spiro atoms. The summed E-state index contributed by atoms with van der Waals surface area (Å²) in [6.07, 6.45) is 5.28. The average molecular weight is 353 g/mol. The summed E-state index contributed by atoms with van der Waals surface area (Å²) in [6.45, 7) is 3.54. The molecule has 0 bridgehead atoms. The van der Waals surface area contributed by atoms with Gasteiger partial charge in [0.15, 0.2) is 5.82 Å². The van der Waals surface area contributed by atoms with Gasteiger partial charge in [-0.15, -0.1) is 11.3 Å². The number of rotatable bonds is 3. The fourth-order valence-electron chi connectivity index (χ4n) is 3.15. The van der Waals surface area contributed by atoms with Crippen LogP contribution >= 0.6 is 11.3 Å². The minimum Gasteiger partial charge on any atom is -0.338 e. The van der Waals surface area contributed by atoms with Gasteiger partial charge >= 0.3 is 0 Å². The van der Waals surface area contributed by atoms with Crippen molar-refractivity contribution in [2.24, 2.45) is 0 Å². The van der Waals surface area contributed by atoms with Crippen LogP contribution in [0.4, 0.5) is 0 Å². The van der Waals surface area contributed by atoms with E-state index in [1.807, 2.05) is 36.1 Å². The van der Waals surface area contributed by atoms with Gasteiger partial charge in [-0.3, -0.25) is 14.9 Å². The summed E-state index contributed by atoms with van der Waals surface area (Å²) in [5.41, 5.74) is 0.957. The highest BCUT2D eigenvalue weighted by molar-refractivity contribution is 7.13. The Morgan fingerprint density at radius 1 is 1.20 bits per heavy atom. The molecule has 25 heavy (non-hydrogen) atoms. The number of aromatic amines is 1. The fraction of sp³-hybridized carbons (Fsp3) is 0.333. The van der Waals surface area contributed by atoms with Crippen molar-refractivity contribution in [3.05, 3.63) is 52.2 Å². The van der Waals surface area contributed by atoms with E-state index in [0.717, 1.165) is 42.2 Å². The number of carbonyl (C=O) groups excluding carboxylic acids is 1. The van der Waals surface area contributed by atoms with E-state index in [0.29, 0.717) is 11.7 Å². The van der Waals surface area contributed by atoms with Crippen molar-refractivity contribution in [3.8, 4) is 11.4 Å². The molecule has 3 aromatic rings. The van der Waals surface area contributed by atoms with Crippen molar-refractivity contribution in [1.29, 1.82) is 0 Å². The predicted octanol–water partition coefficient (Wildman–Crippen LogP) is 3.26. The first-order valence-corrected chi connectivity index (χ1v) is 9.21. The lowest BCUT2D eigenvalue weighted by atomic mass is 9.96. The molecule has 4 heterocycles. The van der Waals surface area contributed by atoms with Gasteiger partial charge in [-0.05, 0) is 44.0 Å². The SMILES string of the molecule is Cc1ccc(C(=O)N2CCC(c3nc(-c4ccncc4)n[nH]3)CC2)s1. The largest absolute Gasteiger partial charge is 0.338 e. The van der Waals surface area contributed by atoms with Gasteiger partial charge in [-0.25, -0.2) is 4.98 Å². The van der Waals surface area contributed by atoms with Gasteiger partial charge in [0, 0.05) is 41.8 Å². The van der Waals surface area contributed by atoms with Crippen LogP contribution in [0.25, 0.3) is 11.4 Å². The van der Waals surface area contributed by atoms with Gasteiger partial charge in [0.2, 0.25) is 0 Å². The predicted molar refractivity (Wildman–Crippen MR) is 96.5 cm³/mol. The molecule has 128 valence electrons. The molecule has 1 aliphatic heterocycles. The number of amides is 1. The van der Waals surface area contributed by atoms with Crippen LogP contribution in [0, 0.1) is 6.92 Å². The second kappa shape index (κ2) is 6.76. The molecule has 0 radical (unpaired) electrons. The summed E-state index contributed by atoms with van der Waals surface area (Å²) in [6, 6.07) is 7.72. The summed E-state index contributed by atoms with van der Waals surface area (Å²) in [7, 11) is 0. The minimum atomic E-state index is 0.145. The first-order valence-electron chi connectivity index (χ1n) is 8.39. The molecule has 1 N–H and O–H groups in total. The number of likely N-dealkylation sites (tertiary alicyclic amines) is 1. The third-order valence-electron chi connectivity index (χ3n) is 4.56. The lowest BCUT2D eigenvalue weighted by Gasteiger charge is -2.30. The molecule has 1 aliphatic rings. The molecule has 0 saturated carbocycles. The molecule has 0 aromatic carbocycles. The summed E-state index contributed by atoms with van der Waals surface area (Å²) < 4.78 is 0. The van der Waals surface area contributed by atoms with Crippen LogP contribution in [-0.4, -0.2) is 44.1 Å². The summed E-state index contributed by atoms with van der Waals surface area (Å²) in [5, 5.41) is 7.39. The second-order valence-corrected chi connectivity index (χ2v) is 7.54. The van der Waals surface area contributed by atoms with E-state index in [9.17, 15) is 4.79 Å². The van der Waals surface area contributed by atoms with Gasteiger partial charge in [-0.1, -0.05) is 0 Å². The zero-order valence-electron chi connectivity index (χ0n) is 14.0. The maximum absolute atomic E-state index is 12.5. The van der Waals surface area contributed by atoms with Crippen molar-refractivity contribution in [2.75, 3.05) is 13.1 Å². The maximum Gasteiger partial charge on any atom is 0.263 e. The maximum atomic E-state index is 12.5. The van der Waals surface area contributed by atoms with E-state index in [2.05, 4.69) is 20.2 Å². The van der Waals surface area contributed by atoms with Crippen molar-refractivity contribution >= 4 is 17.2 Å². The highest BCUT2D eigenvalue weighted by atomic mass is 32.1. The molecule has 3 aromatic heterocycles. The monoisotopic (exact) mass is 353 g/mol. The topological polar surface area (TPSA) is 74.8 Å². The smallest absolute Gasteiger partial charge is 0.263 e. The highest BCUT2D eigenvalue weighted by Crippen LogP contribution is 2.28. The Morgan fingerprint density at radius 3 is 2.64 bits per heavy atom. The van der Waals surface area contributed by atoms with E-state index in [-0.39, 0.29) is 5.91 Å². The van der Waals surface area contributed by atoms with E-state index < -0.39 is 0 Å². The summed E-state index contributed by atoms with van der Waals surface area (Å²) in [4.78, 5) is 25.1. The summed E-state index contributed by atoms with van der Waals surface area (Å²) in [5.74, 6) is 2.07. The van der Waals surface area contributed by atoms with Crippen LogP contribution < -0.4 is 0 Å². The molecule has 0 aliphatic carbocycles. The van der Waals surface area contributed by atoms with Crippen LogP contribution in [0.5, 0.6) is 0 Å². The Morgan fingerprint density at radius 2 is 1.96 bits per heavy atom. The molecule has 7 heteroatoms. The molecular weight excluding hydrogens is 334 g/mol. The van der Waals surface area contributed by atoms with E-state index in [4.69, 9.17) is 0 Å². The standard InChI is InChI=1S/C18H19N5OS/c1-12-2-3-15(25-12)18(24)23-10-6-14(7-11-23)17-20-16(21-22-17)13-4-8-19-9-5-13/h2-5,8-9,14H,6-7,10-11H2,1H3,(H,20,21,22). The van der Waals surface area contributed by atoms with Gasteiger partial charge in [-0.2, -0.15) is 5.10 Å². The van der Waals surface area contributed by atoms with E-state index in [1.165, 1.54) is 4.88 Å². The number of carbonyl (C=O) groups is 1. The first-order chi connectivity index (χ1) is 12.2. The van der Waals surface area contributed by atoms with E-state index >= 15 is 0 Å². The lowest BCUT2D eigenvalue weighted by Crippen LogP contribution is -2.37. The van der Waals surface area contributed by atoms with Crippen LogP contribution in [0.15, 0.2) is 36.7 Å². The minimum absolute atomic E-state index is 0.145. The van der Waals surface area contributed by atoms with Gasteiger partial charge < -0.3 is 4.90 Å². The Balaban J connectivity index is 1.41. The number of pyridine rings is 1. The van der Waals surface area contributed by atoms with Crippen LogP contribution in [-0.2, 0) is 0 Å². The summed E-state index contributed by atoms with van der Waals surface area (Å²) >= 11 is 1.56. The quantitative estimate of drug-likeness (QED) is 0.784. The normalized spacial score (nSPS) is 15.5. The van der Waals surface area contributed by atoms with Crippen LogP contribution in [0.3, 0.4) is 0 Å². The Kier molecular flexibility index (Phi) is 4.31. The number of nitrogens with zero attached hydrogens (tertiary/aromatic N) is 4. The van der Waals surface area contributed by atoms with Crippen molar-refractivity contribution in [3.63, 3.8) is 0 Å². The number of hydrogen-bond donors (Lipinski definition) is 1. The number of hydrogen-bond acceptors (Lipinski definition) is 5. The molecule has 1 fully saturated rings. The zero-order valence-corrected chi connectivity index (χ0v) is 14.8. The lowest BCUT2D eigenvalue weighted by molar-refractivity contribution is 0.0716. The molecule has 1 saturated heterocycles. The Hall–Kier alpha value is -2.54. The third kappa shape index (κ3) is 3.32. The van der Waals surface area contributed by atoms with Crippen molar-refractivity contribution in [2.45, 2.75) is 25.7 Å². The van der Waals surface area contributed by atoms with Crippen molar-refractivity contribution < 1.29 is 4.79 Å². The zero-order chi connectivity index (χ0) is 17.2. The number of H-pyrrole nitrogens is 1.